The fourth-order valence-corrected chi connectivity index (χ4v) is 3.04. The Morgan fingerprint density at radius 2 is 1.96 bits per heavy atom. The average molecular weight is 341 g/mol. The Kier molecular flexibility index (Phi) is 4.05. The van der Waals surface area contributed by atoms with Gasteiger partial charge in [-0.25, -0.2) is 4.39 Å². The molecular formula is C18H16FN3O3. The first-order chi connectivity index (χ1) is 12.2. The molecule has 1 fully saturated rings. The van der Waals surface area contributed by atoms with Crippen LogP contribution in [0.1, 0.15) is 35.0 Å². The third-order valence-corrected chi connectivity index (χ3v) is 4.44. The standard InChI is InChI=1S/C18H16FN3O3/c19-15-4-2-1-3-14(15)18(23)22-8-5-12(6-9-22)16-20-21-17(25-16)13-7-10-24-11-13/h1-4,7,10-12H,5-6,8-9H2. The zero-order chi connectivity index (χ0) is 17.2. The van der Waals surface area contributed by atoms with Crippen LogP contribution in [0.2, 0.25) is 0 Å². The third kappa shape index (κ3) is 3.05. The molecule has 1 aliphatic heterocycles. The van der Waals surface area contributed by atoms with Crippen molar-refractivity contribution < 1.29 is 18.0 Å². The van der Waals surface area contributed by atoms with E-state index in [-0.39, 0.29) is 17.4 Å². The number of halogens is 1. The summed E-state index contributed by atoms with van der Waals surface area (Å²) < 4.78 is 24.5. The van der Waals surface area contributed by atoms with Gasteiger partial charge in [-0.1, -0.05) is 12.1 Å². The lowest BCUT2D eigenvalue weighted by molar-refractivity contribution is 0.0701. The SMILES string of the molecule is O=C(c1ccccc1F)N1CCC(c2nnc(-c3ccoc3)o2)CC1. The van der Waals surface area contributed by atoms with Crippen LogP contribution in [-0.4, -0.2) is 34.1 Å². The van der Waals surface area contributed by atoms with Crippen LogP contribution in [-0.2, 0) is 0 Å². The maximum atomic E-state index is 13.8. The molecule has 25 heavy (non-hydrogen) atoms. The Balaban J connectivity index is 1.42. The van der Waals surface area contributed by atoms with E-state index in [2.05, 4.69) is 10.2 Å². The third-order valence-electron chi connectivity index (χ3n) is 4.44. The monoisotopic (exact) mass is 341 g/mol. The number of carbonyl (C=O) groups is 1. The first-order valence-corrected chi connectivity index (χ1v) is 8.12. The van der Waals surface area contributed by atoms with Crippen molar-refractivity contribution in [2.75, 3.05) is 13.1 Å². The van der Waals surface area contributed by atoms with Crippen molar-refractivity contribution in [1.82, 2.24) is 15.1 Å². The molecule has 2 aromatic heterocycles. The molecule has 7 heteroatoms. The van der Waals surface area contributed by atoms with Gasteiger partial charge < -0.3 is 13.7 Å². The largest absolute Gasteiger partial charge is 0.472 e. The Labute approximate surface area is 143 Å². The number of furan rings is 1. The Hall–Kier alpha value is -2.96. The number of benzene rings is 1. The van der Waals surface area contributed by atoms with Gasteiger partial charge in [0.15, 0.2) is 0 Å². The molecule has 0 atom stereocenters. The molecule has 128 valence electrons. The van der Waals surface area contributed by atoms with Gasteiger partial charge in [-0.2, -0.15) is 0 Å². The van der Waals surface area contributed by atoms with Gasteiger partial charge in [0.05, 0.1) is 17.4 Å². The molecule has 0 saturated carbocycles. The number of rotatable bonds is 3. The maximum absolute atomic E-state index is 13.8. The van der Waals surface area contributed by atoms with Crippen LogP contribution >= 0.6 is 0 Å². The zero-order valence-electron chi connectivity index (χ0n) is 13.4. The summed E-state index contributed by atoms with van der Waals surface area (Å²) in [4.78, 5) is 14.1. The van der Waals surface area contributed by atoms with Crippen molar-refractivity contribution in [2.45, 2.75) is 18.8 Å². The second-order valence-electron chi connectivity index (χ2n) is 6.00. The predicted molar refractivity (Wildman–Crippen MR) is 86.3 cm³/mol. The lowest BCUT2D eigenvalue weighted by Gasteiger charge is -2.30. The topological polar surface area (TPSA) is 72.4 Å². The van der Waals surface area contributed by atoms with Crippen molar-refractivity contribution in [1.29, 1.82) is 0 Å². The number of carbonyl (C=O) groups excluding carboxylic acids is 1. The first-order valence-electron chi connectivity index (χ1n) is 8.12. The van der Waals surface area contributed by atoms with Crippen molar-refractivity contribution >= 4 is 5.91 Å². The minimum atomic E-state index is -0.490. The van der Waals surface area contributed by atoms with Gasteiger partial charge in [-0.05, 0) is 31.0 Å². The summed E-state index contributed by atoms with van der Waals surface area (Å²) in [6, 6.07) is 7.81. The predicted octanol–water partition coefficient (Wildman–Crippen LogP) is 3.49. The number of aromatic nitrogens is 2. The van der Waals surface area contributed by atoms with Crippen LogP contribution in [0.5, 0.6) is 0 Å². The molecular weight excluding hydrogens is 325 g/mol. The number of hydrogen-bond donors (Lipinski definition) is 0. The van der Waals surface area contributed by atoms with Crippen LogP contribution in [0.4, 0.5) is 4.39 Å². The van der Waals surface area contributed by atoms with Crippen LogP contribution in [0.25, 0.3) is 11.5 Å². The van der Waals surface area contributed by atoms with Gasteiger partial charge in [0.1, 0.15) is 12.1 Å². The Bertz CT molecular complexity index is 867. The number of piperidine rings is 1. The van der Waals surface area contributed by atoms with Gasteiger partial charge in [0.25, 0.3) is 11.8 Å². The molecule has 1 aliphatic rings. The van der Waals surface area contributed by atoms with Crippen LogP contribution < -0.4 is 0 Å². The van der Waals surface area contributed by atoms with E-state index in [1.807, 2.05) is 0 Å². The molecule has 0 unspecified atom stereocenters. The quantitative estimate of drug-likeness (QED) is 0.729. The van der Waals surface area contributed by atoms with Gasteiger partial charge in [-0.15, -0.1) is 10.2 Å². The normalized spacial score (nSPS) is 15.5. The van der Waals surface area contributed by atoms with Gasteiger partial charge in [-0.3, -0.25) is 4.79 Å². The highest BCUT2D eigenvalue weighted by molar-refractivity contribution is 5.94. The summed E-state index contributed by atoms with van der Waals surface area (Å²) in [5.41, 5.74) is 0.854. The van der Waals surface area contributed by atoms with Crippen molar-refractivity contribution in [3.05, 3.63) is 60.1 Å². The summed E-state index contributed by atoms with van der Waals surface area (Å²) in [6.07, 6.45) is 4.50. The van der Waals surface area contributed by atoms with Crippen LogP contribution in [0.15, 0.2) is 51.7 Å². The summed E-state index contributed by atoms with van der Waals surface area (Å²) in [5.74, 6) is 0.318. The van der Waals surface area contributed by atoms with E-state index < -0.39 is 5.82 Å². The highest BCUT2D eigenvalue weighted by atomic mass is 19.1. The van der Waals surface area contributed by atoms with E-state index in [0.29, 0.717) is 37.7 Å². The van der Waals surface area contributed by atoms with Crippen LogP contribution in [0.3, 0.4) is 0 Å². The molecule has 3 heterocycles. The van der Waals surface area contributed by atoms with E-state index in [4.69, 9.17) is 8.83 Å². The summed E-state index contributed by atoms with van der Waals surface area (Å²) >= 11 is 0. The maximum Gasteiger partial charge on any atom is 0.256 e. The average Bonchev–Trinajstić information content (AvgIpc) is 3.33. The van der Waals surface area contributed by atoms with Gasteiger partial charge >= 0.3 is 0 Å². The first kappa shape index (κ1) is 15.6. The van der Waals surface area contributed by atoms with Gasteiger partial charge in [0.2, 0.25) is 5.89 Å². The highest BCUT2D eigenvalue weighted by Crippen LogP contribution is 2.30. The number of hydrogen-bond acceptors (Lipinski definition) is 5. The fourth-order valence-electron chi connectivity index (χ4n) is 3.04. The number of nitrogens with zero attached hydrogens (tertiary/aromatic N) is 3. The Morgan fingerprint density at radius 3 is 2.68 bits per heavy atom. The number of amides is 1. The van der Waals surface area contributed by atoms with Gasteiger partial charge in [0, 0.05) is 19.0 Å². The molecule has 1 aromatic carbocycles. The van der Waals surface area contributed by atoms with Crippen molar-refractivity contribution in [3.63, 3.8) is 0 Å². The van der Waals surface area contributed by atoms with E-state index >= 15 is 0 Å². The molecule has 1 saturated heterocycles. The molecule has 6 nitrogen and oxygen atoms in total. The summed E-state index contributed by atoms with van der Waals surface area (Å²) in [7, 11) is 0. The second-order valence-corrected chi connectivity index (χ2v) is 6.00. The van der Waals surface area contributed by atoms with E-state index in [0.717, 1.165) is 5.56 Å². The second kappa shape index (κ2) is 6.51. The molecule has 0 spiro atoms. The minimum Gasteiger partial charge on any atom is -0.472 e. The van der Waals surface area contributed by atoms with Crippen LogP contribution in [0, 0.1) is 5.82 Å². The molecule has 0 aliphatic carbocycles. The lowest BCUT2D eigenvalue weighted by atomic mass is 9.96. The molecule has 0 N–H and O–H groups in total. The molecule has 0 bridgehead atoms. The fraction of sp³-hybridized carbons (Fsp3) is 0.278. The molecule has 3 aromatic rings. The molecule has 0 radical (unpaired) electrons. The summed E-state index contributed by atoms with van der Waals surface area (Å²) in [5, 5.41) is 8.16. The Morgan fingerprint density at radius 1 is 1.16 bits per heavy atom. The van der Waals surface area contributed by atoms with E-state index in [9.17, 15) is 9.18 Å². The minimum absolute atomic E-state index is 0.0952. The molecule has 1 amide bonds. The smallest absolute Gasteiger partial charge is 0.256 e. The highest BCUT2D eigenvalue weighted by Gasteiger charge is 2.28. The van der Waals surface area contributed by atoms with Crippen molar-refractivity contribution in [2.24, 2.45) is 0 Å². The van der Waals surface area contributed by atoms with Crippen molar-refractivity contribution in [3.8, 4) is 11.5 Å². The van der Waals surface area contributed by atoms with E-state index in [1.54, 1.807) is 35.6 Å². The molecule has 4 rings (SSSR count). The lowest BCUT2D eigenvalue weighted by Crippen LogP contribution is -2.38. The number of likely N-dealkylation sites (tertiary alicyclic amines) is 1. The summed E-state index contributed by atoms with van der Waals surface area (Å²) in [6.45, 7) is 1.06. The van der Waals surface area contributed by atoms with E-state index in [1.165, 1.54) is 12.1 Å². The zero-order valence-corrected chi connectivity index (χ0v) is 13.4.